The van der Waals surface area contributed by atoms with Crippen LogP contribution in [0.5, 0.6) is 5.75 Å². The van der Waals surface area contributed by atoms with Gasteiger partial charge in [0.2, 0.25) is 0 Å². The molecule has 0 saturated carbocycles. The van der Waals surface area contributed by atoms with E-state index in [0.29, 0.717) is 36.1 Å². The van der Waals surface area contributed by atoms with E-state index >= 15 is 0 Å². The second kappa shape index (κ2) is 7.15. The van der Waals surface area contributed by atoms with Gasteiger partial charge in [-0.25, -0.2) is 14.8 Å². The minimum atomic E-state index is -0.169. The first kappa shape index (κ1) is 17.7. The Morgan fingerprint density at radius 1 is 1.30 bits per heavy atom. The molecule has 0 spiro atoms. The van der Waals surface area contributed by atoms with E-state index in [9.17, 15) is 4.79 Å². The maximum absolute atomic E-state index is 12.5. The SMILES string of the molecule is COc1ccc(C(C)C)cc1-c1cnc2[nH]c(=O)n(C3CCOCC3)c2n1. The minimum absolute atomic E-state index is 0.0773. The van der Waals surface area contributed by atoms with Crippen molar-refractivity contribution in [1.82, 2.24) is 19.5 Å². The number of nitrogens with one attached hydrogen (secondary N) is 1. The highest BCUT2D eigenvalue weighted by atomic mass is 16.5. The van der Waals surface area contributed by atoms with Crippen molar-refractivity contribution in [2.45, 2.75) is 38.6 Å². The molecule has 3 aromatic rings. The van der Waals surface area contributed by atoms with E-state index in [-0.39, 0.29) is 11.7 Å². The first-order valence-electron chi connectivity index (χ1n) is 9.31. The van der Waals surface area contributed by atoms with Crippen molar-refractivity contribution >= 4 is 11.3 Å². The Morgan fingerprint density at radius 3 is 2.78 bits per heavy atom. The quantitative estimate of drug-likeness (QED) is 0.764. The number of ether oxygens (including phenoxy) is 2. The van der Waals surface area contributed by atoms with Gasteiger partial charge < -0.3 is 9.47 Å². The second-order valence-electron chi connectivity index (χ2n) is 7.19. The largest absolute Gasteiger partial charge is 0.496 e. The number of imidazole rings is 1. The number of fused-ring (bicyclic) bond motifs is 1. The fourth-order valence-corrected chi connectivity index (χ4v) is 3.59. The number of aromatic nitrogens is 4. The van der Waals surface area contributed by atoms with Gasteiger partial charge in [0.25, 0.3) is 0 Å². The fourth-order valence-electron chi connectivity index (χ4n) is 3.59. The third-order valence-corrected chi connectivity index (χ3v) is 5.15. The Hall–Kier alpha value is -2.67. The van der Waals surface area contributed by atoms with E-state index < -0.39 is 0 Å². The van der Waals surface area contributed by atoms with Crippen LogP contribution in [-0.2, 0) is 4.74 Å². The van der Waals surface area contributed by atoms with Gasteiger partial charge in [0.1, 0.15) is 5.75 Å². The van der Waals surface area contributed by atoms with Crippen molar-refractivity contribution in [2.24, 2.45) is 0 Å². The average Bonchev–Trinajstić information content (AvgIpc) is 3.02. The fraction of sp³-hybridized carbons (Fsp3) is 0.450. The molecule has 2 aromatic heterocycles. The van der Waals surface area contributed by atoms with Crippen LogP contribution < -0.4 is 10.4 Å². The van der Waals surface area contributed by atoms with Crippen LogP contribution in [0.25, 0.3) is 22.6 Å². The molecule has 7 heteroatoms. The van der Waals surface area contributed by atoms with E-state index in [1.54, 1.807) is 17.9 Å². The Morgan fingerprint density at radius 2 is 2.07 bits per heavy atom. The van der Waals surface area contributed by atoms with Gasteiger partial charge >= 0.3 is 5.69 Å². The number of methoxy groups -OCH3 is 1. The molecule has 3 heterocycles. The van der Waals surface area contributed by atoms with Crippen LogP contribution in [0.2, 0.25) is 0 Å². The molecule has 0 amide bonds. The molecular formula is C20H24N4O3. The standard InChI is InChI=1S/C20H24N4O3/c1-12(2)13-4-5-17(26-3)15(10-13)16-11-21-18-19(22-16)24(20(25)23-18)14-6-8-27-9-7-14/h4-5,10-12,14H,6-9H2,1-3H3,(H,21,23,25). The number of aromatic amines is 1. The molecular weight excluding hydrogens is 344 g/mol. The summed E-state index contributed by atoms with van der Waals surface area (Å²) in [7, 11) is 1.65. The summed E-state index contributed by atoms with van der Waals surface area (Å²) in [6.07, 6.45) is 3.28. The minimum Gasteiger partial charge on any atom is -0.496 e. The maximum atomic E-state index is 12.5. The van der Waals surface area contributed by atoms with Crippen LogP contribution in [-0.4, -0.2) is 39.8 Å². The van der Waals surface area contributed by atoms with Crippen LogP contribution in [0.3, 0.4) is 0 Å². The summed E-state index contributed by atoms with van der Waals surface area (Å²) in [5.74, 6) is 1.13. The highest BCUT2D eigenvalue weighted by Gasteiger charge is 2.22. The van der Waals surface area contributed by atoms with Gasteiger partial charge in [0.05, 0.1) is 19.0 Å². The van der Waals surface area contributed by atoms with E-state index in [1.165, 1.54) is 5.56 Å². The molecule has 1 fully saturated rings. The Bertz CT molecular complexity index is 1020. The molecule has 0 bridgehead atoms. The molecule has 7 nitrogen and oxygen atoms in total. The molecule has 0 atom stereocenters. The Balaban J connectivity index is 1.86. The lowest BCUT2D eigenvalue weighted by Gasteiger charge is -2.22. The Kier molecular flexibility index (Phi) is 4.70. The second-order valence-corrected chi connectivity index (χ2v) is 7.19. The predicted octanol–water partition coefficient (Wildman–Crippen LogP) is 3.27. The van der Waals surface area contributed by atoms with Gasteiger partial charge in [0, 0.05) is 24.8 Å². The van der Waals surface area contributed by atoms with Crippen molar-refractivity contribution < 1.29 is 9.47 Å². The van der Waals surface area contributed by atoms with Crippen molar-refractivity contribution in [3.63, 3.8) is 0 Å². The normalized spacial score (nSPS) is 15.6. The zero-order chi connectivity index (χ0) is 19.0. The zero-order valence-corrected chi connectivity index (χ0v) is 15.9. The van der Waals surface area contributed by atoms with Crippen molar-refractivity contribution in [3.8, 4) is 17.0 Å². The third kappa shape index (κ3) is 3.23. The van der Waals surface area contributed by atoms with Crippen LogP contribution in [0.4, 0.5) is 0 Å². The lowest BCUT2D eigenvalue weighted by molar-refractivity contribution is 0.0697. The number of nitrogens with zero attached hydrogens (tertiary/aromatic N) is 3. The summed E-state index contributed by atoms with van der Waals surface area (Å²) in [5.41, 5.74) is 3.70. The predicted molar refractivity (Wildman–Crippen MR) is 103 cm³/mol. The number of rotatable bonds is 4. The average molecular weight is 368 g/mol. The molecule has 1 aromatic carbocycles. The number of hydrogen-bond donors (Lipinski definition) is 1. The molecule has 1 N–H and O–H groups in total. The topological polar surface area (TPSA) is 82.0 Å². The summed E-state index contributed by atoms with van der Waals surface area (Å²) in [6.45, 7) is 5.60. The summed E-state index contributed by atoms with van der Waals surface area (Å²) >= 11 is 0. The summed E-state index contributed by atoms with van der Waals surface area (Å²) in [4.78, 5) is 24.6. The van der Waals surface area contributed by atoms with Gasteiger partial charge in [-0.15, -0.1) is 0 Å². The lowest BCUT2D eigenvalue weighted by Crippen LogP contribution is -2.27. The number of H-pyrrole nitrogens is 1. The monoisotopic (exact) mass is 368 g/mol. The maximum Gasteiger partial charge on any atom is 0.329 e. The van der Waals surface area contributed by atoms with E-state index in [2.05, 4.69) is 35.9 Å². The molecule has 1 saturated heterocycles. The van der Waals surface area contributed by atoms with Gasteiger partial charge in [0.15, 0.2) is 11.3 Å². The van der Waals surface area contributed by atoms with Gasteiger partial charge in [-0.3, -0.25) is 9.55 Å². The highest BCUT2D eigenvalue weighted by Crippen LogP contribution is 2.32. The number of hydrogen-bond acceptors (Lipinski definition) is 5. The number of benzene rings is 1. The van der Waals surface area contributed by atoms with Gasteiger partial charge in [-0.2, -0.15) is 0 Å². The van der Waals surface area contributed by atoms with Crippen LogP contribution >= 0.6 is 0 Å². The first-order valence-corrected chi connectivity index (χ1v) is 9.31. The molecule has 142 valence electrons. The third-order valence-electron chi connectivity index (χ3n) is 5.15. The van der Waals surface area contributed by atoms with Crippen LogP contribution in [0, 0.1) is 0 Å². The highest BCUT2D eigenvalue weighted by molar-refractivity contribution is 5.74. The lowest BCUT2D eigenvalue weighted by atomic mass is 9.99. The molecule has 0 unspecified atom stereocenters. The van der Waals surface area contributed by atoms with Crippen LogP contribution in [0.1, 0.15) is 44.2 Å². The summed E-state index contributed by atoms with van der Waals surface area (Å²) in [5, 5.41) is 0. The first-order chi connectivity index (χ1) is 13.1. The summed E-state index contributed by atoms with van der Waals surface area (Å²) < 4.78 is 12.7. The van der Waals surface area contributed by atoms with Crippen molar-refractivity contribution in [3.05, 3.63) is 40.4 Å². The molecule has 0 radical (unpaired) electrons. The Labute approximate surface area is 157 Å². The molecule has 1 aliphatic rings. The van der Waals surface area contributed by atoms with E-state index in [4.69, 9.17) is 14.5 Å². The zero-order valence-electron chi connectivity index (χ0n) is 15.9. The molecule has 4 rings (SSSR count). The molecule has 0 aliphatic carbocycles. The molecule has 27 heavy (non-hydrogen) atoms. The smallest absolute Gasteiger partial charge is 0.329 e. The van der Waals surface area contributed by atoms with Gasteiger partial charge in [-0.05, 0) is 36.5 Å². The summed E-state index contributed by atoms with van der Waals surface area (Å²) in [6, 6.07) is 6.18. The van der Waals surface area contributed by atoms with Crippen molar-refractivity contribution in [2.75, 3.05) is 20.3 Å². The van der Waals surface area contributed by atoms with Crippen molar-refractivity contribution in [1.29, 1.82) is 0 Å². The van der Waals surface area contributed by atoms with E-state index in [1.807, 2.05) is 6.07 Å². The van der Waals surface area contributed by atoms with E-state index in [0.717, 1.165) is 24.2 Å². The van der Waals surface area contributed by atoms with Gasteiger partial charge in [-0.1, -0.05) is 19.9 Å². The van der Waals surface area contributed by atoms with Crippen LogP contribution in [0.15, 0.2) is 29.2 Å². The molecule has 1 aliphatic heterocycles.